The fraction of sp³-hybridized carbons (Fsp3) is 1.00. The molecule has 296 valence electrons. The van der Waals surface area contributed by atoms with Gasteiger partial charge in [0, 0.05) is 0 Å². The first-order valence-electron chi connectivity index (χ1n) is 23.7. The largest absolute Gasteiger partial charge is 0.286 e. The van der Waals surface area contributed by atoms with Crippen LogP contribution in [-0.2, 0) is 0 Å². The fourth-order valence-corrected chi connectivity index (χ4v) is 15.6. The summed E-state index contributed by atoms with van der Waals surface area (Å²) in [6.45, 7) is 9.90. The molecule has 8 N–H and O–H groups in total. The van der Waals surface area contributed by atoms with Crippen LogP contribution in [0.25, 0.3) is 0 Å². The molecule has 5 aliphatic heterocycles. The molecular formula is C44H80N8. The normalized spacial score (nSPS) is 52.8. The summed E-state index contributed by atoms with van der Waals surface area (Å²) in [4.78, 5) is 0. The van der Waals surface area contributed by atoms with Gasteiger partial charge in [-0.3, -0.25) is 42.5 Å². The van der Waals surface area contributed by atoms with E-state index in [9.17, 15) is 0 Å². The lowest BCUT2D eigenvalue weighted by atomic mass is 9.53. The first-order chi connectivity index (χ1) is 25.6. The van der Waals surface area contributed by atoms with Gasteiger partial charge in [-0.1, -0.05) is 118 Å². The quantitative estimate of drug-likeness (QED) is 0.140. The molecule has 52 heavy (non-hydrogen) atoms. The molecule has 9 fully saturated rings. The van der Waals surface area contributed by atoms with E-state index in [2.05, 4.69) is 70.2 Å². The van der Waals surface area contributed by atoms with Crippen molar-refractivity contribution in [2.24, 2.45) is 71.0 Å². The van der Waals surface area contributed by atoms with E-state index in [1.807, 2.05) is 0 Å². The molecule has 8 heteroatoms. The molecule has 0 aromatic rings. The lowest BCUT2D eigenvalue weighted by Crippen LogP contribution is -2.62. The van der Waals surface area contributed by atoms with Crippen LogP contribution in [0.2, 0.25) is 0 Å². The van der Waals surface area contributed by atoms with Gasteiger partial charge < -0.3 is 0 Å². The summed E-state index contributed by atoms with van der Waals surface area (Å²) in [6, 6.07) is 0. The van der Waals surface area contributed by atoms with Crippen molar-refractivity contribution in [3.63, 3.8) is 0 Å². The molecule has 20 unspecified atom stereocenters. The Hall–Kier alpha value is -0.320. The topological polar surface area (TPSA) is 96.2 Å². The Balaban J connectivity index is 1.11. The highest BCUT2D eigenvalue weighted by molar-refractivity contribution is 5.12. The van der Waals surface area contributed by atoms with E-state index in [0.29, 0.717) is 73.0 Å². The number of nitrogens with one attached hydrogen (secondary N) is 8. The van der Waals surface area contributed by atoms with Gasteiger partial charge >= 0.3 is 0 Å². The molecule has 8 bridgehead atoms. The number of hydrogen-bond donors (Lipinski definition) is 8. The van der Waals surface area contributed by atoms with Gasteiger partial charge in [0.15, 0.2) is 0 Å². The molecule has 4 aliphatic carbocycles. The second-order valence-corrected chi connectivity index (χ2v) is 20.0. The maximum absolute atomic E-state index is 4.52. The van der Waals surface area contributed by atoms with Crippen LogP contribution in [0.3, 0.4) is 0 Å². The van der Waals surface area contributed by atoms with Gasteiger partial charge in [-0.15, -0.1) is 0 Å². The average molecular weight is 721 g/mol. The van der Waals surface area contributed by atoms with Crippen molar-refractivity contribution in [2.45, 2.75) is 205 Å². The molecule has 5 heterocycles. The Bertz CT molecular complexity index is 1080. The molecule has 8 nitrogen and oxygen atoms in total. The zero-order chi connectivity index (χ0) is 35.3. The van der Waals surface area contributed by atoms with Crippen molar-refractivity contribution >= 4 is 0 Å². The van der Waals surface area contributed by atoms with E-state index in [1.165, 1.54) is 128 Å². The van der Waals surface area contributed by atoms with Gasteiger partial charge in [-0.2, -0.15) is 0 Å². The van der Waals surface area contributed by atoms with E-state index in [1.54, 1.807) is 0 Å². The lowest BCUT2D eigenvalue weighted by Gasteiger charge is -2.53. The molecule has 9 aliphatic rings. The number of fused-ring (bicyclic) bond motifs is 20. The highest BCUT2D eigenvalue weighted by Gasteiger charge is 2.60. The maximum atomic E-state index is 4.52. The minimum atomic E-state index is 0.362. The van der Waals surface area contributed by atoms with Crippen molar-refractivity contribution in [1.82, 2.24) is 42.5 Å². The van der Waals surface area contributed by atoms with Gasteiger partial charge in [0.25, 0.3) is 0 Å². The van der Waals surface area contributed by atoms with Crippen molar-refractivity contribution in [1.29, 1.82) is 0 Å². The van der Waals surface area contributed by atoms with Gasteiger partial charge in [0.1, 0.15) is 0 Å². The monoisotopic (exact) mass is 721 g/mol. The SMILES string of the molecule is CCCC1C(CCC)C(CCC)C2C3NC4NC(NC5NC(NC6NC(NC(N3)C2C1CCC)C1CCCCC61)C1CCCCC51)C1CCCCC41. The average Bonchev–Trinajstić information content (AvgIpc) is 3.90. The molecule has 0 spiro atoms. The summed E-state index contributed by atoms with van der Waals surface area (Å²) in [5.41, 5.74) is 0. The zero-order valence-corrected chi connectivity index (χ0v) is 33.7. The summed E-state index contributed by atoms with van der Waals surface area (Å²) in [5, 5.41) is 35.2. The molecule has 20 atom stereocenters. The smallest absolute Gasteiger partial charge is 0.0631 e. The van der Waals surface area contributed by atoms with Crippen molar-refractivity contribution in [3.05, 3.63) is 0 Å². The summed E-state index contributed by atoms with van der Waals surface area (Å²) >= 11 is 0. The van der Waals surface area contributed by atoms with Crippen LogP contribution in [0.5, 0.6) is 0 Å². The van der Waals surface area contributed by atoms with Gasteiger partial charge in [0.05, 0.1) is 49.3 Å². The maximum Gasteiger partial charge on any atom is 0.0631 e. The Morgan fingerprint density at radius 3 is 0.750 bits per heavy atom. The third-order valence-corrected chi connectivity index (χ3v) is 17.4. The third-order valence-electron chi connectivity index (χ3n) is 17.4. The Kier molecular flexibility index (Phi) is 11.7. The Labute approximate surface area is 318 Å². The minimum Gasteiger partial charge on any atom is -0.286 e. The van der Waals surface area contributed by atoms with Crippen LogP contribution >= 0.6 is 0 Å². The molecule has 0 amide bonds. The number of rotatable bonds is 8. The van der Waals surface area contributed by atoms with E-state index >= 15 is 0 Å². The fourth-order valence-electron chi connectivity index (χ4n) is 15.6. The van der Waals surface area contributed by atoms with Gasteiger partial charge in [-0.25, -0.2) is 0 Å². The van der Waals surface area contributed by atoms with Crippen molar-refractivity contribution in [3.8, 4) is 0 Å². The predicted molar refractivity (Wildman–Crippen MR) is 212 cm³/mol. The van der Waals surface area contributed by atoms with Crippen LogP contribution in [0.1, 0.15) is 156 Å². The molecular weight excluding hydrogens is 641 g/mol. The van der Waals surface area contributed by atoms with E-state index in [-0.39, 0.29) is 0 Å². The van der Waals surface area contributed by atoms with Crippen LogP contribution in [0.15, 0.2) is 0 Å². The second kappa shape index (κ2) is 16.3. The molecule has 5 saturated heterocycles. The van der Waals surface area contributed by atoms with Gasteiger partial charge in [0.2, 0.25) is 0 Å². The Morgan fingerprint density at radius 1 is 0.288 bits per heavy atom. The molecule has 9 rings (SSSR count). The lowest BCUT2D eigenvalue weighted by molar-refractivity contribution is -0.0411. The number of hydrogen-bond acceptors (Lipinski definition) is 8. The van der Waals surface area contributed by atoms with Crippen LogP contribution in [0, 0.1) is 71.0 Å². The summed E-state index contributed by atoms with van der Waals surface area (Å²) in [7, 11) is 0. The van der Waals surface area contributed by atoms with Crippen molar-refractivity contribution in [2.75, 3.05) is 0 Å². The highest BCUT2D eigenvalue weighted by Crippen LogP contribution is 2.57. The third kappa shape index (κ3) is 6.69. The van der Waals surface area contributed by atoms with E-state index in [4.69, 9.17) is 0 Å². The Morgan fingerprint density at radius 2 is 0.500 bits per heavy atom. The first-order valence-corrected chi connectivity index (χ1v) is 23.7. The summed E-state index contributed by atoms with van der Waals surface area (Å²) < 4.78 is 0. The van der Waals surface area contributed by atoms with Crippen LogP contribution in [-0.4, -0.2) is 49.3 Å². The second-order valence-electron chi connectivity index (χ2n) is 20.0. The molecule has 0 aromatic carbocycles. The first kappa shape index (κ1) is 37.3. The predicted octanol–water partition coefficient (Wildman–Crippen LogP) is 6.71. The van der Waals surface area contributed by atoms with Crippen LogP contribution in [0.4, 0.5) is 0 Å². The van der Waals surface area contributed by atoms with E-state index in [0.717, 1.165) is 47.3 Å². The highest BCUT2D eigenvalue weighted by atomic mass is 15.4. The minimum absolute atomic E-state index is 0.362. The molecule has 0 aromatic heterocycles. The van der Waals surface area contributed by atoms with Gasteiger partial charge in [-0.05, 0) is 110 Å². The van der Waals surface area contributed by atoms with E-state index < -0.39 is 0 Å². The van der Waals surface area contributed by atoms with Crippen LogP contribution < -0.4 is 42.5 Å². The standard InChI is InChI=1S/C44H80N8/c1-5-15-25-26(16-6-2)28(18-8-4)36-35(27(25)17-7-3)43-50-41-33-23-13-11-21-31(33)39(48-41)46-37-29-19-9-10-20-30(29)38(45-37)47-40-32-22-12-14-24-34(32)42(49-40)51-44(36)52-43/h25-52H,5-24H2,1-4H3. The summed E-state index contributed by atoms with van der Waals surface area (Å²) in [5.74, 6) is 9.01. The van der Waals surface area contributed by atoms with Crippen molar-refractivity contribution < 1.29 is 0 Å². The molecule has 0 radical (unpaired) electrons. The molecule has 4 saturated carbocycles. The summed E-state index contributed by atoms with van der Waals surface area (Å²) in [6.07, 6.45) is 30.6. The zero-order valence-electron chi connectivity index (χ0n) is 33.7.